The molecule has 1 rings (SSSR count). The molecule has 0 radical (unpaired) electrons. The van der Waals surface area contributed by atoms with Gasteiger partial charge in [0, 0.05) is 0 Å². The molecule has 0 spiro atoms. The Labute approximate surface area is 108 Å². The zero-order valence-electron chi connectivity index (χ0n) is 12.4. The maximum absolute atomic E-state index is 6.63. The van der Waals surface area contributed by atoms with Gasteiger partial charge in [0.25, 0.3) is 0 Å². The fourth-order valence-corrected chi connectivity index (χ4v) is 8.77. The van der Waals surface area contributed by atoms with Crippen molar-refractivity contribution in [2.24, 2.45) is 0 Å². The van der Waals surface area contributed by atoms with Gasteiger partial charge in [0.1, 0.15) is 0 Å². The lowest BCUT2D eigenvalue weighted by Gasteiger charge is -2.43. The summed E-state index contributed by atoms with van der Waals surface area (Å²) in [5.41, 5.74) is 3.30. The third-order valence-corrected chi connectivity index (χ3v) is 10.1. The molecular formula is C15H28OSi. The van der Waals surface area contributed by atoms with Crippen molar-refractivity contribution in [1.82, 2.24) is 0 Å². The lowest BCUT2D eigenvalue weighted by Crippen LogP contribution is -2.49. The van der Waals surface area contributed by atoms with Crippen molar-refractivity contribution >= 4 is 8.32 Å². The molecule has 0 aliphatic heterocycles. The summed E-state index contributed by atoms with van der Waals surface area (Å²) in [6.45, 7) is 16.2. The van der Waals surface area contributed by atoms with Gasteiger partial charge in [0.05, 0.1) is 6.10 Å². The molecule has 0 saturated carbocycles. The molecule has 0 bridgehead atoms. The number of hydrogen-bond acceptors (Lipinski definition) is 1. The van der Waals surface area contributed by atoms with E-state index >= 15 is 0 Å². The van der Waals surface area contributed by atoms with Crippen LogP contribution in [0.4, 0.5) is 0 Å². The van der Waals surface area contributed by atoms with Gasteiger partial charge in [-0.15, -0.1) is 0 Å². The van der Waals surface area contributed by atoms with Gasteiger partial charge in [-0.3, -0.25) is 0 Å². The molecule has 17 heavy (non-hydrogen) atoms. The van der Waals surface area contributed by atoms with Crippen molar-refractivity contribution in [3.63, 3.8) is 0 Å². The van der Waals surface area contributed by atoms with Crippen LogP contribution in [0.5, 0.6) is 0 Å². The Kier molecular flexibility index (Phi) is 4.79. The van der Waals surface area contributed by atoms with Crippen LogP contribution in [0.15, 0.2) is 23.8 Å². The quantitative estimate of drug-likeness (QED) is 0.621. The molecule has 0 saturated heterocycles. The van der Waals surface area contributed by atoms with Crippen LogP contribution in [-0.2, 0) is 4.43 Å². The molecule has 0 aromatic heterocycles. The van der Waals surface area contributed by atoms with E-state index in [1.54, 1.807) is 0 Å². The highest BCUT2D eigenvalue weighted by molar-refractivity contribution is 6.77. The van der Waals surface area contributed by atoms with Crippen LogP contribution in [0.25, 0.3) is 0 Å². The Bertz CT molecular complexity index is 291. The second-order valence-electron chi connectivity index (χ2n) is 6.17. The molecule has 1 nitrogen and oxygen atoms in total. The smallest absolute Gasteiger partial charge is 0.201 e. The van der Waals surface area contributed by atoms with E-state index in [4.69, 9.17) is 4.43 Å². The van der Waals surface area contributed by atoms with Gasteiger partial charge in [-0.25, -0.2) is 0 Å². The molecule has 0 fully saturated rings. The maximum Gasteiger partial charge on any atom is 0.201 e. The first-order valence-corrected chi connectivity index (χ1v) is 8.99. The molecule has 1 atom stereocenters. The van der Waals surface area contributed by atoms with Crippen LogP contribution in [-0.4, -0.2) is 14.4 Å². The van der Waals surface area contributed by atoms with Gasteiger partial charge in [-0.2, -0.15) is 0 Å². The molecule has 98 valence electrons. The second kappa shape index (κ2) is 5.53. The van der Waals surface area contributed by atoms with Crippen LogP contribution in [0.1, 0.15) is 48.5 Å². The van der Waals surface area contributed by atoms with Crippen molar-refractivity contribution in [1.29, 1.82) is 0 Å². The van der Waals surface area contributed by atoms with Gasteiger partial charge in [-0.1, -0.05) is 65.3 Å². The van der Waals surface area contributed by atoms with Gasteiger partial charge in [0.15, 0.2) is 0 Å². The highest BCUT2D eigenvalue weighted by atomic mass is 28.4. The Morgan fingerprint density at radius 2 is 1.47 bits per heavy atom. The number of hydrogen-bond donors (Lipinski definition) is 0. The summed E-state index contributed by atoms with van der Waals surface area (Å²) in [6, 6.07) is 0. The largest absolute Gasteiger partial charge is 0.406 e. The molecule has 1 aliphatic rings. The molecule has 0 heterocycles. The highest BCUT2D eigenvalue weighted by Crippen LogP contribution is 2.43. The summed E-state index contributed by atoms with van der Waals surface area (Å²) in [5, 5.41) is 0. The van der Waals surface area contributed by atoms with Crippen molar-refractivity contribution in [2.45, 2.75) is 71.2 Å². The summed E-state index contributed by atoms with van der Waals surface area (Å²) in [4.78, 5) is 0. The van der Waals surface area contributed by atoms with E-state index in [2.05, 4.69) is 66.7 Å². The molecule has 0 N–H and O–H groups in total. The van der Waals surface area contributed by atoms with E-state index in [0.29, 0.717) is 16.6 Å². The van der Waals surface area contributed by atoms with E-state index in [0.717, 1.165) is 0 Å². The fourth-order valence-electron chi connectivity index (χ4n) is 3.33. The van der Waals surface area contributed by atoms with Crippen LogP contribution in [0.2, 0.25) is 16.6 Å². The standard InChI is InChI=1S/C15H28OSi/c1-11(2)17(12(3)4,13(5)6)16-15-9-8-14(7)10-15/h8-13,15H,1-7H3. The number of rotatable bonds is 5. The van der Waals surface area contributed by atoms with Gasteiger partial charge in [0.2, 0.25) is 8.32 Å². The zero-order chi connectivity index (χ0) is 13.2. The average Bonchev–Trinajstić information content (AvgIpc) is 2.58. The Morgan fingerprint density at radius 1 is 1.00 bits per heavy atom. The first-order valence-electron chi connectivity index (χ1n) is 6.85. The van der Waals surface area contributed by atoms with Crippen LogP contribution in [0, 0.1) is 0 Å². The Balaban J connectivity index is 2.95. The van der Waals surface area contributed by atoms with Crippen LogP contribution in [0.3, 0.4) is 0 Å². The summed E-state index contributed by atoms with van der Waals surface area (Å²) in [5.74, 6) is 0. The second-order valence-corrected chi connectivity index (χ2v) is 11.6. The molecule has 0 aromatic rings. The highest BCUT2D eigenvalue weighted by Gasteiger charge is 2.46. The van der Waals surface area contributed by atoms with E-state index in [1.165, 1.54) is 5.57 Å². The summed E-state index contributed by atoms with van der Waals surface area (Å²) in [7, 11) is -1.72. The average molecular weight is 252 g/mol. The maximum atomic E-state index is 6.63. The normalized spacial score (nSPS) is 20.8. The first-order chi connectivity index (χ1) is 7.80. The summed E-state index contributed by atoms with van der Waals surface area (Å²) in [6.07, 6.45) is 6.83. The minimum absolute atomic E-state index is 0.217. The van der Waals surface area contributed by atoms with E-state index in [-0.39, 0.29) is 6.10 Å². The van der Waals surface area contributed by atoms with Crippen molar-refractivity contribution in [2.75, 3.05) is 0 Å². The van der Waals surface area contributed by atoms with E-state index in [1.807, 2.05) is 0 Å². The van der Waals surface area contributed by atoms with Crippen LogP contribution >= 0.6 is 0 Å². The molecular weight excluding hydrogens is 224 g/mol. The molecule has 1 aliphatic carbocycles. The monoisotopic (exact) mass is 252 g/mol. The van der Waals surface area contributed by atoms with Crippen LogP contribution < -0.4 is 0 Å². The summed E-state index contributed by atoms with van der Waals surface area (Å²) < 4.78 is 6.63. The Morgan fingerprint density at radius 3 is 1.76 bits per heavy atom. The van der Waals surface area contributed by atoms with Crippen molar-refractivity contribution in [3.05, 3.63) is 23.8 Å². The molecule has 0 aromatic carbocycles. The van der Waals surface area contributed by atoms with Crippen molar-refractivity contribution < 1.29 is 4.43 Å². The van der Waals surface area contributed by atoms with E-state index in [9.17, 15) is 0 Å². The third kappa shape index (κ3) is 2.91. The number of allylic oxidation sites excluding steroid dienone is 2. The molecule has 0 amide bonds. The predicted molar refractivity (Wildman–Crippen MR) is 78.8 cm³/mol. The lowest BCUT2D eigenvalue weighted by molar-refractivity contribution is 0.259. The predicted octanol–water partition coefficient (Wildman–Crippen LogP) is 5.06. The fraction of sp³-hybridized carbons (Fsp3) is 0.733. The minimum atomic E-state index is -1.72. The van der Waals surface area contributed by atoms with Gasteiger partial charge in [-0.05, 0) is 23.5 Å². The SMILES string of the molecule is CC1=CC(O[Si](C(C)C)(C(C)C)C(C)C)C=C1. The zero-order valence-corrected chi connectivity index (χ0v) is 13.4. The van der Waals surface area contributed by atoms with Crippen molar-refractivity contribution in [3.8, 4) is 0 Å². The summed E-state index contributed by atoms with van der Waals surface area (Å²) >= 11 is 0. The first kappa shape index (κ1) is 14.7. The van der Waals surface area contributed by atoms with Gasteiger partial charge >= 0.3 is 0 Å². The van der Waals surface area contributed by atoms with Gasteiger partial charge < -0.3 is 4.43 Å². The molecule has 1 unspecified atom stereocenters. The minimum Gasteiger partial charge on any atom is -0.406 e. The Hall–Kier alpha value is -0.343. The topological polar surface area (TPSA) is 9.23 Å². The van der Waals surface area contributed by atoms with E-state index < -0.39 is 8.32 Å². The molecule has 2 heteroatoms. The third-order valence-electron chi connectivity index (χ3n) is 4.02. The lowest BCUT2D eigenvalue weighted by atomic mass is 10.3.